The van der Waals surface area contributed by atoms with Crippen molar-refractivity contribution in [3.05, 3.63) is 67.8 Å². The molecular weight excluding hydrogens is 424 g/mol. The number of non-ortho nitro benzene ring substituents is 1. The number of fused-ring (bicyclic) bond motifs is 3. The minimum absolute atomic E-state index is 0.111. The van der Waals surface area contributed by atoms with Crippen LogP contribution in [0.3, 0.4) is 0 Å². The average Bonchev–Trinajstić information content (AvgIpc) is 3.24. The molecule has 2 aromatic rings. The highest BCUT2D eigenvalue weighted by Crippen LogP contribution is 2.58. The number of hydrogen-bond acceptors (Lipinski definition) is 9. The van der Waals surface area contributed by atoms with E-state index >= 15 is 0 Å². The molecule has 1 saturated heterocycles. The van der Waals surface area contributed by atoms with Gasteiger partial charge < -0.3 is 20.1 Å². The standard InChI is InChI=1S/C20H18N4O8/c1-10(25)22-16(18(27)32-2)9-20(12-5-3-4-6-14(12)21-19(20)22)13-7-11(23(28)29)8-15(17(13)26)24(30)31/h3-8,16,19,21,26H,9H2,1-2H3/t16-,19+,20+/m0/s1. The first-order chi connectivity index (χ1) is 15.1. The molecule has 2 aliphatic heterocycles. The Morgan fingerprint density at radius 3 is 2.47 bits per heavy atom. The van der Waals surface area contributed by atoms with Crippen LogP contribution in [0.1, 0.15) is 24.5 Å². The number of nitro groups is 2. The third-order valence-electron chi connectivity index (χ3n) is 6.10. The van der Waals surface area contributed by atoms with E-state index in [-0.39, 0.29) is 12.0 Å². The summed E-state index contributed by atoms with van der Waals surface area (Å²) >= 11 is 0. The summed E-state index contributed by atoms with van der Waals surface area (Å²) < 4.78 is 4.86. The number of ether oxygens (including phenoxy) is 1. The Kier molecular flexibility index (Phi) is 4.72. The number of likely N-dealkylation sites (tertiary alicyclic amines) is 1. The maximum absolute atomic E-state index is 12.6. The fourth-order valence-electron chi connectivity index (χ4n) is 4.85. The van der Waals surface area contributed by atoms with Gasteiger partial charge in [0, 0.05) is 24.2 Å². The van der Waals surface area contributed by atoms with E-state index < -0.39 is 56.5 Å². The molecule has 2 heterocycles. The van der Waals surface area contributed by atoms with Crippen molar-refractivity contribution in [3.63, 3.8) is 0 Å². The van der Waals surface area contributed by atoms with Crippen molar-refractivity contribution in [2.45, 2.75) is 31.0 Å². The van der Waals surface area contributed by atoms with E-state index in [1.54, 1.807) is 24.3 Å². The Morgan fingerprint density at radius 1 is 1.19 bits per heavy atom. The summed E-state index contributed by atoms with van der Waals surface area (Å²) in [6, 6.07) is 7.46. The van der Waals surface area contributed by atoms with Gasteiger partial charge in [0.05, 0.1) is 28.4 Å². The molecule has 1 fully saturated rings. The third-order valence-corrected chi connectivity index (χ3v) is 6.10. The zero-order chi connectivity index (χ0) is 23.4. The van der Waals surface area contributed by atoms with Crippen molar-refractivity contribution in [1.82, 2.24) is 4.90 Å². The third kappa shape index (κ3) is 2.76. The summed E-state index contributed by atoms with van der Waals surface area (Å²) in [4.78, 5) is 47.8. The Morgan fingerprint density at radius 2 is 1.88 bits per heavy atom. The second kappa shape index (κ2) is 7.18. The topological polar surface area (TPSA) is 165 Å². The molecule has 1 amide bonds. The Hall–Kier alpha value is -4.22. The lowest BCUT2D eigenvalue weighted by molar-refractivity contribution is -0.394. The maximum atomic E-state index is 12.6. The van der Waals surface area contributed by atoms with Crippen molar-refractivity contribution < 1.29 is 29.3 Å². The molecule has 0 unspecified atom stereocenters. The molecule has 0 saturated carbocycles. The Balaban J connectivity index is 2.08. The van der Waals surface area contributed by atoms with Crippen LogP contribution in [-0.4, -0.2) is 51.0 Å². The zero-order valence-electron chi connectivity index (χ0n) is 17.0. The number of nitrogens with one attached hydrogen (secondary N) is 1. The van der Waals surface area contributed by atoms with Crippen LogP contribution >= 0.6 is 0 Å². The van der Waals surface area contributed by atoms with Crippen molar-refractivity contribution in [2.24, 2.45) is 0 Å². The highest BCUT2D eigenvalue weighted by atomic mass is 16.6. The molecule has 166 valence electrons. The number of phenols is 1. The summed E-state index contributed by atoms with van der Waals surface area (Å²) in [5, 5.41) is 37.1. The highest BCUT2D eigenvalue weighted by Gasteiger charge is 2.62. The molecule has 3 atom stereocenters. The van der Waals surface area contributed by atoms with Crippen molar-refractivity contribution in [1.29, 1.82) is 0 Å². The van der Waals surface area contributed by atoms with E-state index in [1.807, 2.05) is 0 Å². The minimum Gasteiger partial charge on any atom is -0.502 e. The second-order valence-corrected chi connectivity index (χ2v) is 7.61. The Labute approximate surface area is 180 Å². The molecule has 12 nitrogen and oxygen atoms in total. The van der Waals surface area contributed by atoms with Gasteiger partial charge in [-0.2, -0.15) is 0 Å². The zero-order valence-corrected chi connectivity index (χ0v) is 17.0. The number of rotatable bonds is 4. The first-order valence-corrected chi connectivity index (χ1v) is 9.52. The van der Waals surface area contributed by atoms with Crippen LogP contribution in [0.5, 0.6) is 5.75 Å². The van der Waals surface area contributed by atoms with E-state index in [1.165, 1.54) is 18.9 Å². The smallest absolute Gasteiger partial charge is 0.328 e. The Bertz CT molecular complexity index is 1180. The van der Waals surface area contributed by atoms with Gasteiger partial charge in [0.2, 0.25) is 5.91 Å². The number of aromatic hydroxyl groups is 1. The van der Waals surface area contributed by atoms with E-state index in [9.17, 15) is 34.9 Å². The minimum atomic E-state index is -1.39. The van der Waals surface area contributed by atoms with Crippen LogP contribution in [0.25, 0.3) is 0 Å². The van der Waals surface area contributed by atoms with Gasteiger partial charge in [-0.1, -0.05) is 18.2 Å². The number of carbonyl (C=O) groups is 2. The second-order valence-electron chi connectivity index (χ2n) is 7.61. The fraction of sp³-hybridized carbons (Fsp3) is 0.300. The molecule has 2 N–H and O–H groups in total. The number of nitrogens with zero attached hydrogens (tertiary/aromatic N) is 3. The molecule has 4 rings (SSSR count). The maximum Gasteiger partial charge on any atom is 0.328 e. The summed E-state index contributed by atoms with van der Waals surface area (Å²) in [7, 11) is 1.17. The number of methoxy groups -OCH3 is 1. The van der Waals surface area contributed by atoms with Gasteiger partial charge in [0.15, 0.2) is 5.75 Å². The van der Waals surface area contributed by atoms with Crippen LogP contribution in [0.4, 0.5) is 17.1 Å². The largest absolute Gasteiger partial charge is 0.502 e. The first-order valence-electron chi connectivity index (χ1n) is 9.52. The van der Waals surface area contributed by atoms with Gasteiger partial charge >= 0.3 is 11.7 Å². The lowest BCUT2D eigenvalue weighted by Crippen LogP contribution is -2.49. The number of esters is 1. The summed E-state index contributed by atoms with van der Waals surface area (Å²) in [6.07, 6.45) is -1.06. The van der Waals surface area contributed by atoms with Gasteiger partial charge in [-0.15, -0.1) is 0 Å². The van der Waals surface area contributed by atoms with Gasteiger partial charge in [-0.25, -0.2) is 4.79 Å². The fourth-order valence-corrected chi connectivity index (χ4v) is 4.85. The molecule has 0 bridgehead atoms. The van der Waals surface area contributed by atoms with Crippen LogP contribution < -0.4 is 5.32 Å². The number of anilines is 1. The van der Waals surface area contributed by atoms with E-state index in [0.717, 1.165) is 6.07 Å². The average molecular weight is 442 g/mol. The lowest BCUT2D eigenvalue weighted by Gasteiger charge is -2.33. The van der Waals surface area contributed by atoms with Crippen LogP contribution in [0, 0.1) is 20.2 Å². The van der Waals surface area contributed by atoms with Crippen molar-refractivity contribution >= 4 is 28.9 Å². The molecule has 0 spiro atoms. The molecule has 2 aliphatic rings. The molecule has 0 aliphatic carbocycles. The van der Waals surface area contributed by atoms with Crippen LogP contribution in [-0.2, 0) is 19.7 Å². The predicted molar refractivity (Wildman–Crippen MR) is 109 cm³/mol. The summed E-state index contributed by atoms with van der Waals surface area (Å²) in [5.74, 6) is -1.96. The van der Waals surface area contributed by atoms with E-state index in [0.29, 0.717) is 17.3 Å². The molecule has 12 heteroatoms. The predicted octanol–water partition coefficient (Wildman–Crippen LogP) is 2.04. The quantitative estimate of drug-likeness (QED) is 0.409. The number of amides is 1. The number of benzene rings is 2. The monoisotopic (exact) mass is 442 g/mol. The number of carbonyl (C=O) groups excluding carboxylic acids is 2. The number of para-hydroxylation sites is 1. The van der Waals surface area contributed by atoms with E-state index in [2.05, 4.69) is 5.32 Å². The molecular formula is C20H18N4O8. The van der Waals surface area contributed by atoms with Gasteiger partial charge in [-0.3, -0.25) is 25.0 Å². The number of hydrogen-bond donors (Lipinski definition) is 2. The van der Waals surface area contributed by atoms with Crippen LogP contribution in [0.2, 0.25) is 0 Å². The highest BCUT2D eigenvalue weighted by molar-refractivity contribution is 5.88. The van der Waals surface area contributed by atoms with Crippen molar-refractivity contribution in [2.75, 3.05) is 12.4 Å². The van der Waals surface area contributed by atoms with Crippen molar-refractivity contribution in [3.8, 4) is 5.75 Å². The first kappa shape index (κ1) is 21.0. The molecule has 2 aromatic carbocycles. The summed E-state index contributed by atoms with van der Waals surface area (Å²) in [6.45, 7) is 1.26. The number of nitro benzene ring substituents is 2. The van der Waals surface area contributed by atoms with Gasteiger partial charge in [0.1, 0.15) is 12.2 Å². The van der Waals surface area contributed by atoms with E-state index in [4.69, 9.17) is 4.74 Å². The lowest BCUT2D eigenvalue weighted by atomic mass is 9.71. The van der Waals surface area contributed by atoms with Gasteiger partial charge in [0.25, 0.3) is 5.69 Å². The van der Waals surface area contributed by atoms with Gasteiger partial charge in [-0.05, 0) is 18.1 Å². The summed E-state index contributed by atoms with van der Waals surface area (Å²) in [5.41, 5.74) is -1.85. The SMILES string of the molecule is COC(=O)[C@@H]1C[C@]2(c3cc([N+](=O)[O-])cc([N+](=O)[O-])c3O)c3ccccc3N[C@@H]2N1C(C)=O. The number of phenolic OH excluding ortho intramolecular Hbond substituents is 1. The molecule has 32 heavy (non-hydrogen) atoms. The normalized spacial score (nSPS) is 23.1. The van der Waals surface area contributed by atoms with Crippen LogP contribution in [0.15, 0.2) is 36.4 Å². The molecule has 0 radical (unpaired) electrons. The molecule has 0 aromatic heterocycles.